The third-order valence-corrected chi connectivity index (χ3v) is 6.71. The molecule has 35 heavy (non-hydrogen) atoms. The Bertz CT molecular complexity index is 1400. The molecule has 1 aliphatic heterocycles. The van der Waals surface area contributed by atoms with E-state index < -0.39 is 0 Å². The number of anilines is 3. The summed E-state index contributed by atoms with van der Waals surface area (Å²) in [5.41, 5.74) is 11.2. The largest absolute Gasteiger partial charge is 0.497 e. The van der Waals surface area contributed by atoms with E-state index >= 15 is 0 Å². The zero-order valence-corrected chi connectivity index (χ0v) is 20.0. The Morgan fingerprint density at radius 3 is 2.69 bits per heavy atom. The van der Waals surface area contributed by atoms with Crippen molar-refractivity contribution in [3.05, 3.63) is 88.9 Å². The number of amides is 2. The molecule has 0 aliphatic carbocycles. The fourth-order valence-corrected chi connectivity index (χ4v) is 4.86. The highest BCUT2D eigenvalue weighted by atomic mass is 32.1. The number of carbonyl (C=O) groups is 2. The minimum atomic E-state index is -0.227. The molecule has 2 amide bonds. The molecule has 0 radical (unpaired) electrons. The van der Waals surface area contributed by atoms with E-state index in [-0.39, 0.29) is 18.2 Å². The molecule has 3 N–H and O–H groups in total. The van der Waals surface area contributed by atoms with Gasteiger partial charge in [0.25, 0.3) is 5.91 Å². The number of nitrogens with one attached hydrogen (secondary N) is 1. The molecule has 176 valence electrons. The Labute approximate surface area is 207 Å². The number of carbonyl (C=O) groups excluding carboxylic acids is 2. The normalized spacial score (nSPS) is 12.3. The maximum atomic E-state index is 13.3. The van der Waals surface area contributed by atoms with Crippen LogP contribution in [0.3, 0.4) is 0 Å². The second kappa shape index (κ2) is 9.60. The maximum absolute atomic E-state index is 13.3. The van der Waals surface area contributed by atoms with Crippen molar-refractivity contribution in [2.75, 3.05) is 29.6 Å². The number of hydrogen-bond acceptors (Lipinski definition) is 6. The molecular weight excluding hydrogens is 460 g/mol. The van der Waals surface area contributed by atoms with Gasteiger partial charge in [0.15, 0.2) is 5.13 Å². The number of aromatic nitrogens is 1. The highest BCUT2D eigenvalue weighted by molar-refractivity contribution is 7.13. The van der Waals surface area contributed by atoms with Crippen molar-refractivity contribution in [3.8, 4) is 16.9 Å². The van der Waals surface area contributed by atoms with Crippen LogP contribution in [0.5, 0.6) is 5.75 Å². The van der Waals surface area contributed by atoms with Crippen LogP contribution in [0.2, 0.25) is 0 Å². The van der Waals surface area contributed by atoms with E-state index in [2.05, 4.69) is 10.3 Å². The number of nitrogens with zero attached hydrogens (tertiary/aromatic N) is 2. The SMILES string of the molecule is COc1ccc(-c2ccccc2)c(C(=O)Nc2ccc3c(c2)CCN3C(=O)Cc2csc(N)n2)c1. The summed E-state index contributed by atoms with van der Waals surface area (Å²) < 4.78 is 5.36. The lowest BCUT2D eigenvalue weighted by atomic mass is 9.98. The van der Waals surface area contributed by atoms with Gasteiger partial charge in [0.1, 0.15) is 5.75 Å². The van der Waals surface area contributed by atoms with E-state index in [0.29, 0.717) is 34.4 Å². The molecule has 0 spiro atoms. The van der Waals surface area contributed by atoms with E-state index in [9.17, 15) is 9.59 Å². The van der Waals surface area contributed by atoms with Crippen LogP contribution in [-0.2, 0) is 17.6 Å². The minimum absolute atomic E-state index is 0.0188. The Balaban J connectivity index is 1.36. The standard InChI is InChI=1S/C27H24N4O3S/c1-34-21-8-9-22(17-5-3-2-4-6-17)23(15-21)26(33)29-19-7-10-24-18(13-19)11-12-31(24)25(32)14-20-16-35-27(28)30-20/h2-10,13,15-16H,11-12,14H2,1H3,(H2,28,30)(H,29,33). The molecular formula is C27H24N4O3S. The average Bonchev–Trinajstić information content (AvgIpc) is 3.49. The van der Waals surface area contributed by atoms with Gasteiger partial charge in [-0.3, -0.25) is 9.59 Å². The average molecular weight is 485 g/mol. The summed E-state index contributed by atoms with van der Waals surface area (Å²) in [6.45, 7) is 0.596. The zero-order valence-electron chi connectivity index (χ0n) is 19.2. The Morgan fingerprint density at radius 1 is 1.11 bits per heavy atom. The highest BCUT2D eigenvalue weighted by Crippen LogP contribution is 2.32. The number of nitrogens with two attached hydrogens (primary N) is 1. The second-order valence-corrected chi connectivity index (χ2v) is 9.11. The van der Waals surface area contributed by atoms with Gasteiger partial charge in [-0.25, -0.2) is 4.98 Å². The molecule has 0 saturated heterocycles. The van der Waals surface area contributed by atoms with Crippen LogP contribution in [0.4, 0.5) is 16.5 Å². The quantitative estimate of drug-likeness (QED) is 0.410. The monoisotopic (exact) mass is 484 g/mol. The summed E-state index contributed by atoms with van der Waals surface area (Å²) >= 11 is 1.33. The first kappa shape index (κ1) is 22.6. The predicted octanol–water partition coefficient (Wildman–Crippen LogP) is 4.79. The van der Waals surface area contributed by atoms with E-state index in [1.807, 2.05) is 66.0 Å². The van der Waals surface area contributed by atoms with Crippen molar-refractivity contribution in [2.24, 2.45) is 0 Å². The number of nitrogen functional groups attached to an aromatic ring is 1. The van der Waals surface area contributed by atoms with Gasteiger partial charge in [0, 0.05) is 23.3 Å². The summed E-state index contributed by atoms with van der Waals surface area (Å²) in [5, 5.41) is 5.29. The Hall–Kier alpha value is -4.17. The molecule has 0 bridgehead atoms. The van der Waals surface area contributed by atoms with Crippen molar-refractivity contribution in [1.29, 1.82) is 0 Å². The molecule has 8 heteroatoms. The van der Waals surface area contributed by atoms with Gasteiger partial charge in [-0.05, 0) is 59.5 Å². The molecule has 3 aromatic carbocycles. The van der Waals surface area contributed by atoms with Crippen molar-refractivity contribution >= 4 is 39.7 Å². The van der Waals surface area contributed by atoms with Crippen LogP contribution < -0.4 is 20.7 Å². The summed E-state index contributed by atoms with van der Waals surface area (Å²) in [5.74, 6) is 0.365. The van der Waals surface area contributed by atoms with Crippen molar-refractivity contribution < 1.29 is 14.3 Å². The van der Waals surface area contributed by atoms with Gasteiger partial charge in [0.05, 0.1) is 24.8 Å². The van der Waals surface area contributed by atoms with Gasteiger partial charge in [-0.15, -0.1) is 11.3 Å². The zero-order chi connectivity index (χ0) is 24.4. The van der Waals surface area contributed by atoms with Gasteiger partial charge in [0.2, 0.25) is 5.91 Å². The lowest BCUT2D eigenvalue weighted by Gasteiger charge is -2.17. The molecule has 7 nitrogen and oxygen atoms in total. The fraction of sp³-hybridized carbons (Fsp3) is 0.148. The van der Waals surface area contributed by atoms with Crippen molar-refractivity contribution in [2.45, 2.75) is 12.8 Å². The summed E-state index contributed by atoms with van der Waals surface area (Å²) in [6, 6.07) is 20.9. The number of benzene rings is 3. The molecule has 5 rings (SSSR count). The van der Waals surface area contributed by atoms with Gasteiger partial charge in [-0.2, -0.15) is 0 Å². The van der Waals surface area contributed by atoms with Crippen LogP contribution in [0.25, 0.3) is 11.1 Å². The van der Waals surface area contributed by atoms with Gasteiger partial charge >= 0.3 is 0 Å². The van der Waals surface area contributed by atoms with Crippen LogP contribution in [-0.4, -0.2) is 30.5 Å². The summed E-state index contributed by atoms with van der Waals surface area (Å²) in [6.07, 6.45) is 0.933. The first-order chi connectivity index (χ1) is 17.0. The summed E-state index contributed by atoms with van der Waals surface area (Å²) in [7, 11) is 1.58. The number of fused-ring (bicyclic) bond motifs is 1. The summed E-state index contributed by atoms with van der Waals surface area (Å²) in [4.78, 5) is 32.1. The first-order valence-corrected chi connectivity index (χ1v) is 12.1. The third kappa shape index (κ3) is 4.74. The maximum Gasteiger partial charge on any atom is 0.256 e. The van der Waals surface area contributed by atoms with Crippen LogP contribution >= 0.6 is 11.3 Å². The molecule has 4 aromatic rings. The highest BCUT2D eigenvalue weighted by Gasteiger charge is 2.26. The minimum Gasteiger partial charge on any atom is -0.497 e. The number of methoxy groups -OCH3 is 1. The van der Waals surface area contributed by atoms with E-state index in [0.717, 1.165) is 28.8 Å². The van der Waals surface area contributed by atoms with Gasteiger partial charge < -0.3 is 20.7 Å². The second-order valence-electron chi connectivity index (χ2n) is 8.22. The lowest BCUT2D eigenvalue weighted by molar-refractivity contribution is -0.117. The topological polar surface area (TPSA) is 97.5 Å². The Morgan fingerprint density at radius 2 is 1.94 bits per heavy atom. The van der Waals surface area contributed by atoms with Crippen LogP contribution in [0.15, 0.2) is 72.1 Å². The van der Waals surface area contributed by atoms with Crippen LogP contribution in [0, 0.1) is 0 Å². The van der Waals surface area contributed by atoms with Crippen LogP contribution in [0.1, 0.15) is 21.6 Å². The van der Waals surface area contributed by atoms with Gasteiger partial charge in [-0.1, -0.05) is 30.3 Å². The van der Waals surface area contributed by atoms with E-state index in [1.54, 1.807) is 18.1 Å². The molecule has 2 heterocycles. The fourth-order valence-electron chi connectivity index (χ4n) is 4.30. The predicted molar refractivity (Wildman–Crippen MR) is 139 cm³/mol. The molecule has 0 unspecified atom stereocenters. The third-order valence-electron chi connectivity index (χ3n) is 5.99. The number of rotatable bonds is 6. The molecule has 0 fully saturated rings. The van der Waals surface area contributed by atoms with E-state index in [4.69, 9.17) is 10.5 Å². The molecule has 1 aromatic heterocycles. The first-order valence-electron chi connectivity index (χ1n) is 11.2. The Kier molecular flexibility index (Phi) is 6.20. The van der Waals surface area contributed by atoms with E-state index in [1.165, 1.54) is 11.3 Å². The number of thiazole rings is 1. The van der Waals surface area contributed by atoms with Crippen molar-refractivity contribution in [1.82, 2.24) is 4.98 Å². The lowest BCUT2D eigenvalue weighted by Crippen LogP contribution is -2.30. The number of hydrogen-bond donors (Lipinski definition) is 2. The van der Waals surface area contributed by atoms with Crippen molar-refractivity contribution in [3.63, 3.8) is 0 Å². The molecule has 0 atom stereocenters. The smallest absolute Gasteiger partial charge is 0.256 e. The molecule has 1 aliphatic rings. The molecule has 0 saturated carbocycles. The number of ether oxygens (including phenoxy) is 1.